The van der Waals surface area contributed by atoms with Crippen LogP contribution in [0, 0.1) is 0 Å². The molecule has 0 fully saturated rings. The van der Waals surface area contributed by atoms with Crippen LogP contribution < -0.4 is 15.8 Å². The van der Waals surface area contributed by atoms with Crippen LogP contribution >= 0.6 is 11.3 Å². The molecule has 5 aromatic rings. The number of nitrogens with two attached hydrogens (primary N) is 1. The maximum atomic E-state index is 13.7. The topological polar surface area (TPSA) is 107 Å². The molecule has 0 saturated carbocycles. The number of hydrogen-bond acceptors (Lipinski definition) is 6. The van der Waals surface area contributed by atoms with Crippen LogP contribution in [-0.4, -0.2) is 16.8 Å². The number of ether oxygens (including phenoxy) is 1. The quantitative estimate of drug-likeness (QED) is 0.217. The van der Waals surface area contributed by atoms with Gasteiger partial charge in [-0.05, 0) is 71.8 Å². The predicted octanol–water partition coefficient (Wildman–Crippen LogP) is 6.99. The van der Waals surface area contributed by atoms with Gasteiger partial charge in [0.05, 0.1) is 5.69 Å². The first-order chi connectivity index (χ1) is 19.7. The zero-order valence-corrected chi connectivity index (χ0v) is 22.2. The normalized spacial score (nSPS) is 12.9. The van der Waals surface area contributed by atoms with Crippen molar-refractivity contribution >= 4 is 39.1 Å². The van der Waals surface area contributed by atoms with Crippen LogP contribution in [0.3, 0.4) is 0 Å². The Kier molecular flexibility index (Phi) is 6.74. The highest BCUT2D eigenvalue weighted by Gasteiger charge is 2.35. The Hall–Kier alpha value is -4.64. The van der Waals surface area contributed by atoms with Gasteiger partial charge in [-0.3, -0.25) is 9.59 Å². The van der Waals surface area contributed by atoms with E-state index in [1.165, 1.54) is 17.2 Å². The lowest BCUT2D eigenvalue weighted by atomic mass is 10.0. The molecule has 2 aromatic carbocycles. The van der Waals surface area contributed by atoms with E-state index in [9.17, 15) is 22.8 Å². The van der Waals surface area contributed by atoms with Crippen molar-refractivity contribution in [3.63, 3.8) is 0 Å². The van der Waals surface area contributed by atoms with Gasteiger partial charge in [-0.1, -0.05) is 36.4 Å². The second kappa shape index (κ2) is 10.4. The summed E-state index contributed by atoms with van der Waals surface area (Å²) in [5, 5.41) is 2.80. The summed E-state index contributed by atoms with van der Waals surface area (Å²) in [5.74, 6) is -0.618. The molecular weight excluding hydrogens is 555 g/mol. The number of benzene rings is 2. The minimum absolute atomic E-state index is 0.0325. The summed E-state index contributed by atoms with van der Waals surface area (Å²) in [6.45, 7) is 0.0856. The average Bonchev–Trinajstić information content (AvgIpc) is 3.70. The highest BCUT2D eigenvalue weighted by atomic mass is 32.1. The van der Waals surface area contributed by atoms with Gasteiger partial charge in [-0.25, -0.2) is 4.98 Å². The standard InChI is InChI=1S/C30H22F3N3O4S/c31-30(32,33)23-14-21(17-5-2-1-3-6-17)24-25(26(27(34)37)41-29(24)35-23)36-28(38)22-12-11-20(40-22)15-39-19-10-9-16-7-4-8-18(16)13-19/h1-3,5-6,9-14H,4,7-8,15H2,(H2,34,37)(H,36,38). The fourth-order valence-electron chi connectivity index (χ4n) is 4.93. The van der Waals surface area contributed by atoms with Gasteiger partial charge in [0.15, 0.2) is 5.76 Å². The Balaban J connectivity index is 1.31. The number of pyridine rings is 1. The van der Waals surface area contributed by atoms with Crippen molar-refractivity contribution in [3.8, 4) is 16.9 Å². The predicted molar refractivity (Wildman–Crippen MR) is 148 cm³/mol. The number of furan rings is 1. The number of primary amides is 1. The third-order valence-corrected chi connectivity index (χ3v) is 7.93. The number of rotatable bonds is 7. The molecular formula is C30H22F3N3O4S. The Labute approximate surface area is 235 Å². The summed E-state index contributed by atoms with van der Waals surface area (Å²) in [6, 6.07) is 18.2. The Morgan fingerprint density at radius 2 is 1.80 bits per heavy atom. The van der Waals surface area contributed by atoms with Gasteiger partial charge < -0.3 is 20.2 Å². The van der Waals surface area contributed by atoms with Crippen molar-refractivity contribution < 1.29 is 31.9 Å². The summed E-state index contributed by atoms with van der Waals surface area (Å²) >= 11 is 0.677. The molecule has 0 atom stereocenters. The van der Waals surface area contributed by atoms with E-state index in [1.54, 1.807) is 36.4 Å². The van der Waals surface area contributed by atoms with Crippen molar-refractivity contribution in [1.29, 1.82) is 0 Å². The molecule has 6 rings (SSSR count). The maximum absolute atomic E-state index is 13.7. The van der Waals surface area contributed by atoms with Crippen molar-refractivity contribution in [2.75, 3.05) is 5.32 Å². The molecule has 7 nitrogen and oxygen atoms in total. The van der Waals surface area contributed by atoms with E-state index in [2.05, 4.69) is 16.4 Å². The number of amides is 2. The minimum atomic E-state index is -4.73. The van der Waals surface area contributed by atoms with Gasteiger partial charge in [-0.2, -0.15) is 13.2 Å². The Morgan fingerprint density at radius 3 is 2.56 bits per heavy atom. The summed E-state index contributed by atoms with van der Waals surface area (Å²) in [6.07, 6.45) is -1.53. The van der Waals surface area contributed by atoms with Crippen molar-refractivity contribution in [3.05, 3.63) is 99.9 Å². The van der Waals surface area contributed by atoms with Gasteiger partial charge in [0.1, 0.15) is 33.5 Å². The first-order valence-corrected chi connectivity index (χ1v) is 13.5. The van der Waals surface area contributed by atoms with Crippen molar-refractivity contribution in [1.82, 2.24) is 4.98 Å². The van der Waals surface area contributed by atoms with Crippen LogP contribution in [-0.2, 0) is 25.6 Å². The van der Waals surface area contributed by atoms with Crippen molar-refractivity contribution in [2.24, 2.45) is 5.73 Å². The monoisotopic (exact) mass is 577 g/mol. The molecule has 3 N–H and O–H groups in total. The van der Waals surface area contributed by atoms with Crippen LogP contribution in [0.5, 0.6) is 5.75 Å². The summed E-state index contributed by atoms with van der Waals surface area (Å²) in [7, 11) is 0. The number of anilines is 1. The maximum Gasteiger partial charge on any atom is 0.433 e. The highest BCUT2D eigenvalue weighted by molar-refractivity contribution is 7.21. The fraction of sp³-hybridized carbons (Fsp3) is 0.167. The number of nitrogens with zero attached hydrogens (tertiary/aromatic N) is 1. The zero-order chi connectivity index (χ0) is 28.7. The molecule has 11 heteroatoms. The first-order valence-electron chi connectivity index (χ1n) is 12.7. The lowest BCUT2D eigenvalue weighted by molar-refractivity contribution is -0.140. The zero-order valence-electron chi connectivity index (χ0n) is 21.4. The lowest BCUT2D eigenvalue weighted by Crippen LogP contribution is -2.16. The number of thiophene rings is 1. The number of aryl methyl sites for hydroxylation is 2. The molecule has 3 heterocycles. The second-order valence-corrected chi connectivity index (χ2v) is 10.6. The van der Waals surface area contributed by atoms with Gasteiger partial charge in [-0.15, -0.1) is 11.3 Å². The molecule has 0 spiro atoms. The number of carbonyl (C=O) groups is 2. The van der Waals surface area contributed by atoms with Crippen LogP contribution in [0.4, 0.5) is 18.9 Å². The van der Waals surface area contributed by atoms with E-state index in [0.29, 0.717) is 28.4 Å². The number of alkyl halides is 3. The number of hydrogen-bond donors (Lipinski definition) is 2. The molecule has 41 heavy (non-hydrogen) atoms. The van der Waals surface area contributed by atoms with Gasteiger partial charge in [0.2, 0.25) is 0 Å². The van der Waals surface area contributed by atoms with E-state index >= 15 is 0 Å². The summed E-state index contributed by atoms with van der Waals surface area (Å²) < 4.78 is 52.6. The Morgan fingerprint density at radius 1 is 1.02 bits per heavy atom. The molecule has 2 amide bonds. The van der Waals surface area contributed by atoms with Gasteiger partial charge in [0, 0.05) is 5.39 Å². The van der Waals surface area contributed by atoms with Gasteiger partial charge >= 0.3 is 6.18 Å². The molecule has 0 aliphatic heterocycles. The first kappa shape index (κ1) is 26.6. The van der Waals surface area contributed by atoms with Crippen LogP contribution in [0.1, 0.15) is 49.2 Å². The number of halogens is 3. The van der Waals surface area contributed by atoms with E-state index in [-0.39, 0.29) is 38.7 Å². The minimum Gasteiger partial charge on any atom is -0.486 e. The summed E-state index contributed by atoms with van der Waals surface area (Å²) in [5.41, 5.74) is 7.59. The highest BCUT2D eigenvalue weighted by Crippen LogP contribution is 2.43. The van der Waals surface area contributed by atoms with E-state index < -0.39 is 23.7 Å². The molecule has 0 saturated heterocycles. The van der Waals surface area contributed by atoms with E-state index in [1.807, 2.05) is 12.1 Å². The Bertz CT molecular complexity index is 1790. The molecule has 3 aromatic heterocycles. The number of carbonyl (C=O) groups excluding carboxylic acids is 2. The average molecular weight is 578 g/mol. The molecule has 0 unspecified atom stereocenters. The van der Waals surface area contributed by atoms with E-state index in [4.69, 9.17) is 14.9 Å². The lowest BCUT2D eigenvalue weighted by Gasteiger charge is -2.12. The number of fused-ring (bicyclic) bond motifs is 2. The smallest absolute Gasteiger partial charge is 0.433 e. The SMILES string of the molecule is NC(=O)c1sc2nc(C(F)(F)F)cc(-c3ccccc3)c2c1NC(=O)c1ccc(COc2ccc3c(c2)CCC3)o1. The number of aromatic nitrogens is 1. The molecule has 1 aliphatic rings. The van der Waals surface area contributed by atoms with Crippen LogP contribution in [0.2, 0.25) is 0 Å². The van der Waals surface area contributed by atoms with Gasteiger partial charge in [0.25, 0.3) is 11.8 Å². The van der Waals surface area contributed by atoms with Crippen molar-refractivity contribution in [2.45, 2.75) is 32.0 Å². The van der Waals surface area contributed by atoms with E-state index in [0.717, 1.165) is 25.3 Å². The third kappa shape index (κ3) is 5.28. The largest absolute Gasteiger partial charge is 0.486 e. The third-order valence-electron chi connectivity index (χ3n) is 6.84. The van der Waals surface area contributed by atoms with Crippen LogP contribution in [0.15, 0.2) is 71.1 Å². The fourth-order valence-corrected chi connectivity index (χ4v) is 5.93. The second-order valence-electron chi connectivity index (χ2n) is 9.56. The molecule has 208 valence electrons. The van der Waals surface area contributed by atoms with Crippen LogP contribution in [0.25, 0.3) is 21.3 Å². The molecule has 0 radical (unpaired) electrons. The molecule has 0 bridgehead atoms. The summed E-state index contributed by atoms with van der Waals surface area (Å²) in [4.78, 5) is 29.1. The molecule has 1 aliphatic carbocycles. The number of nitrogens with one attached hydrogen (secondary N) is 1.